The van der Waals surface area contributed by atoms with Gasteiger partial charge < -0.3 is 10.6 Å². The van der Waals surface area contributed by atoms with Gasteiger partial charge in [-0.05, 0) is 38.1 Å². The second-order valence-electron chi connectivity index (χ2n) is 5.25. The van der Waals surface area contributed by atoms with Crippen LogP contribution in [-0.2, 0) is 10.0 Å². The van der Waals surface area contributed by atoms with E-state index >= 15 is 0 Å². The fourth-order valence-corrected chi connectivity index (χ4v) is 3.98. The molecule has 116 valence electrons. The molecule has 0 bridgehead atoms. The van der Waals surface area contributed by atoms with Crippen LogP contribution in [0.4, 0.5) is 0 Å². The number of hydrogen-bond acceptors (Lipinski definition) is 4. The molecule has 3 N–H and O–H groups in total. The molecule has 1 saturated heterocycles. The fourth-order valence-electron chi connectivity index (χ4n) is 2.54. The van der Waals surface area contributed by atoms with E-state index in [2.05, 4.69) is 16.5 Å². The predicted octanol–water partition coefficient (Wildman–Crippen LogP) is 1.08. The Labute approximate surface area is 131 Å². The molecule has 0 amide bonds. The molecule has 1 aromatic carbocycles. The molecule has 21 heavy (non-hydrogen) atoms. The van der Waals surface area contributed by atoms with E-state index in [-0.39, 0.29) is 15.9 Å². The predicted molar refractivity (Wildman–Crippen MR) is 87.8 cm³/mol. The van der Waals surface area contributed by atoms with Crippen LogP contribution in [0.1, 0.15) is 25.3 Å². The summed E-state index contributed by atoms with van der Waals surface area (Å²) in [5.41, 5.74) is 6.12. The quantitative estimate of drug-likeness (QED) is 0.792. The summed E-state index contributed by atoms with van der Waals surface area (Å²) in [6.45, 7) is 4.81. The van der Waals surface area contributed by atoms with Crippen molar-refractivity contribution in [2.24, 2.45) is 5.73 Å². The Bertz CT molecular complexity index is 616. The molecule has 1 aliphatic rings. The third-order valence-electron chi connectivity index (χ3n) is 3.70. The summed E-state index contributed by atoms with van der Waals surface area (Å²) in [7, 11) is -3.54. The average Bonchev–Trinajstić information content (AvgIpc) is 2.47. The molecule has 0 aliphatic carbocycles. The smallest absolute Gasteiger partial charge is 0.240 e. The number of thiocarbonyl (C=S) groups is 1. The molecule has 1 aromatic rings. The summed E-state index contributed by atoms with van der Waals surface area (Å²) < 4.78 is 27.7. The van der Waals surface area contributed by atoms with E-state index in [1.807, 2.05) is 0 Å². The van der Waals surface area contributed by atoms with Crippen LogP contribution in [0.2, 0.25) is 0 Å². The van der Waals surface area contributed by atoms with E-state index < -0.39 is 10.0 Å². The van der Waals surface area contributed by atoms with E-state index in [1.54, 1.807) is 18.2 Å². The zero-order chi connectivity index (χ0) is 15.5. The van der Waals surface area contributed by atoms with Gasteiger partial charge in [-0.3, -0.25) is 0 Å². The molecule has 1 atom stereocenters. The minimum absolute atomic E-state index is 0.0443. The Morgan fingerprint density at radius 1 is 1.52 bits per heavy atom. The van der Waals surface area contributed by atoms with E-state index in [0.29, 0.717) is 5.56 Å². The summed E-state index contributed by atoms with van der Waals surface area (Å²) in [4.78, 5) is 2.66. The third kappa shape index (κ3) is 4.23. The first-order chi connectivity index (χ1) is 9.92. The van der Waals surface area contributed by atoms with Crippen LogP contribution in [0.25, 0.3) is 0 Å². The molecule has 0 aromatic heterocycles. The lowest BCUT2D eigenvalue weighted by molar-refractivity contribution is 0.211. The highest BCUT2D eigenvalue weighted by atomic mass is 32.2. The van der Waals surface area contributed by atoms with Gasteiger partial charge in [-0.1, -0.05) is 31.3 Å². The summed E-state index contributed by atoms with van der Waals surface area (Å²) in [5.74, 6) is 0. The Kier molecular flexibility index (Phi) is 5.32. The van der Waals surface area contributed by atoms with E-state index in [4.69, 9.17) is 18.0 Å². The van der Waals surface area contributed by atoms with Crippen molar-refractivity contribution >= 4 is 27.2 Å². The first-order valence-electron chi connectivity index (χ1n) is 7.07. The van der Waals surface area contributed by atoms with Crippen LogP contribution in [0.15, 0.2) is 29.2 Å². The van der Waals surface area contributed by atoms with Gasteiger partial charge in [0.1, 0.15) is 4.99 Å². The van der Waals surface area contributed by atoms with Crippen molar-refractivity contribution in [3.8, 4) is 0 Å². The highest BCUT2D eigenvalue weighted by molar-refractivity contribution is 7.89. The standard InChI is InChI=1S/C14H21N3O2S2/c1-2-17-8-4-6-12(10-17)16-21(18,19)13-7-3-5-11(9-13)14(15)20/h3,5,7,9,12,16H,2,4,6,8,10H2,1H3,(H2,15,20). The fraction of sp³-hybridized carbons (Fsp3) is 0.500. The molecule has 2 rings (SSSR count). The van der Waals surface area contributed by atoms with Gasteiger partial charge in [0.05, 0.1) is 4.90 Å². The van der Waals surface area contributed by atoms with Crippen LogP contribution in [0, 0.1) is 0 Å². The van der Waals surface area contributed by atoms with Crippen LogP contribution in [0.5, 0.6) is 0 Å². The summed E-state index contributed by atoms with van der Waals surface area (Å²) >= 11 is 4.89. The lowest BCUT2D eigenvalue weighted by Crippen LogP contribution is -2.47. The zero-order valence-corrected chi connectivity index (χ0v) is 13.7. The topological polar surface area (TPSA) is 75.4 Å². The van der Waals surface area contributed by atoms with E-state index in [1.165, 1.54) is 6.07 Å². The number of likely N-dealkylation sites (tertiary alicyclic amines) is 1. The summed E-state index contributed by atoms with van der Waals surface area (Å²) in [6.07, 6.45) is 1.87. The Morgan fingerprint density at radius 3 is 2.95 bits per heavy atom. The summed E-state index contributed by atoms with van der Waals surface area (Å²) in [5, 5.41) is 0. The van der Waals surface area contributed by atoms with Gasteiger partial charge in [0.25, 0.3) is 0 Å². The molecule has 1 heterocycles. The van der Waals surface area contributed by atoms with Crippen LogP contribution in [0.3, 0.4) is 0 Å². The Hall–Kier alpha value is -1.02. The van der Waals surface area contributed by atoms with E-state index in [0.717, 1.165) is 32.5 Å². The van der Waals surface area contributed by atoms with Crippen LogP contribution in [-0.4, -0.2) is 44.0 Å². The lowest BCUT2D eigenvalue weighted by Gasteiger charge is -2.32. The number of nitrogens with zero attached hydrogens (tertiary/aromatic N) is 1. The highest BCUT2D eigenvalue weighted by Gasteiger charge is 2.24. The monoisotopic (exact) mass is 327 g/mol. The Balaban J connectivity index is 2.14. The molecule has 1 unspecified atom stereocenters. The van der Waals surface area contributed by atoms with Crippen LogP contribution >= 0.6 is 12.2 Å². The second-order valence-corrected chi connectivity index (χ2v) is 7.40. The first-order valence-corrected chi connectivity index (χ1v) is 8.96. The summed E-state index contributed by atoms with van der Waals surface area (Å²) in [6, 6.07) is 6.40. The van der Waals surface area contributed by atoms with Crippen molar-refractivity contribution in [2.45, 2.75) is 30.7 Å². The van der Waals surface area contributed by atoms with Crippen molar-refractivity contribution in [2.75, 3.05) is 19.6 Å². The van der Waals surface area contributed by atoms with Crippen LogP contribution < -0.4 is 10.5 Å². The normalized spacial score (nSPS) is 20.3. The number of hydrogen-bond donors (Lipinski definition) is 2. The molecule has 1 aliphatic heterocycles. The van der Waals surface area contributed by atoms with Crippen molar-refractivity contribution in [3.63, 3.8) is 0 Å². The molecule has 7 heteroatoms. The molecule has 5 nitrogen and oxygen atoms in total. The van der Waals surface area contributed by atoms with Crippen molar-refractivity contribution in [1.29, 1.82) is 0 Å². The van der Waals surface area contributed by atoms with Gasteiger partial charge in [0.15, 0.2) is 0 Å². The SMILES string of the molecule is CCN1CCCC(NS(=O)(=O)c2cccc(C(N)=S)c2)C1. The van der Waals surface area contributed by atoms with Gasteiger partial charge in [0.2, 0.25) is 10.0 Å². The third-order valence-corrected chi connectivity index (χ3v) is 5.46. The molecule has 0 spiro atoms. The van der Waals surface area contributed by atoms with Gasteiger partial charge in [-0.2, -0.15) is 0 Å². The number of piperidine rings is 1. The van der Waals surface area contributed by atoms with E-state index in [9.17, 15) is 8.42 Å². The highest BCUT2D eigenvalue weighted by Crippen LogP contribution is 2.15. The number of rotatable bonds is 5. The largest absolute Gasteiger partial charge is 0.389 e. The lowest BCUT2D eigenvalue weighted by atomic mass is 10.1. The Morgan fingerprint density at radius 2 is 2.29 bits per heavy atom. The van der Waals surface area contributed by atoms with Gasteiger partial charge in [-0.25, -0.2) is 13.1 Å². The van der Waals surface area contributed by atoms with Crippen molar-refractivity contribution in [3.05, 3.63) is 29.8 Å². The first kappa shape index (κ1) is 16.4. The van der Waals surface area contributed by atoms with Gasteiger partial charge in [0, 0.05) is 18.2 Å². The minimum atomic E-state index is -3.54. The van der Waals surface area contributed by atoms with Crippen molar-refractivity contribution < 1.29 is 8.42 Å². The average molecular weight is 327 g/mol. The maximum absolute atomic E-state index is 12.5. The zero-order valence-electron chi connectivity index (χ0n) is 12.1. The van der Waals surface area contributed by atoms with Gasteiger partial charge in [-0.15, -0.1) is 0 Å². The second kappa shape index (κ2) is 6.83. The number of nitrogens with two attached hydrogens (primary N) is 1. The van der Waals surface area contributed by atoms with Crippen molar-refractivity contribution in [1.82, 2.24) is 9.62 Å². The maximum atomic E-state index is 12.5. The number of sulfonamides is 1. The molecular weight excluding hydrogens is 306 g/mol. The molecule has 1 fully saturated rings. The molecule has 0 radical (unpaired) electrons. The minimum Gasteiger partial charge on any atom is -0.389 e. The number of benzene rings is 1. The molecular formula is C14H21N3O2S2. The maximum Gasteiger partial charge on any atom is 0.240 e. The molecule has 0 saturated carbocycles. The number of nitrogens with one attached hydrogen (secondary N) is 1. The number of likely N-dealkylation sites (N-methyl/N-ethyl adjacent to an activating group) is 1. The van der Waals surface area contributed by atoms with Gasteiger partial charge >= 0.3 is 0 Å².